The van der Waals surface area contributed by atoms with E-state index in [-0.39, 0.29) is 5.56 Å². The van der Waals surface area contributed by atoms with Gasteiger partial charge in [-0.05, 0) is 18.2 Å². The Morgan fingerprint density at radius 3 is 2.65 bits per heavy atom. The van der Waals surface area contributed by atoms with Gasteiger partial charge in [0.25, 0.3) is 5.91 Å². The van der Waals surface area contributed by atoms with E-state index in [9.17, 15) is 18.0 Å². The van der Waals surface area contributed by atoms with Crippen LogP contribution in [0.1, 0.15) is 10.4 Å². The summed E-state index contributed by atoms with van der Waals surface area (Å²) in [6.07, 6.45) is -3.23. The lowest BCUT2D eigenvalue weighted by molar-refractivity contribution is -0.146. The van der Waals surface area contributed by atoms with Crippen molar-refractivity contribution in [2.45, 2.75) is 6.30 Å². The number of halogens is 3. The molecule has 6 heteroatoms. The molecule has 0 fully saturated rings. The monoisotopic (exact) mass is 240 g/mol. The number of fused-ring (bicyclic) bond motifs is 1. The normalized spacial score (nSPS) is 11.5. The molecule has 0 saturated carbocycles. The topological polar surface area (TPSA) is 42.0 Å². The molecule has 0 unspecified atom stereocenters. The van der Waals surface area contributed by atoms with Crippen molar-refractivity contribution in [3.05, 3.63) is 42.1 Å². The minimum atomic E-state index is -4.73. The third kappa shape index (κ3) is 2.52. The molecule has 88 valence electrons. The number of alkyl halides is 3. The molecular weight excluding hydrogens is 233 g/mol. The van der Waals surface area contributed by atoms with Crippen molar-refractivity contribution in [3.63, 3.8) is 0 Å². The molecule has 0 aliphatic rings. The molecule has 0 radical (unpaired) electrons. The highest BCUT2D eigenvalue weighted by Gasteiger charge is 2.30. The molecule has 2 aromatic rings. The van der Waals surface area contributed by atoms with Gasteiger partial charge in [0.05, 0.1) is 5.52 Å². The first-order valence-electron chi connectivity index (χ1n) is 4.70. The van der Waals surface area contributed by atoms with Gasteiger partial charge in [-0.15, -0.1) is 0 Å². The van der Waals surface area contributed by atoms with Gasteiger partial charge in [0, 0.05) is 17.1 Å². The Balaban J connectivity index is 2.45. The number of carbonyl (C=O) groups excluding carboxylic acids is 1. The van der Waals surface area contributed by atoms with E-state index in [0.29, 0.717) is 10.9 Å². The number of carbonyl (C=O) groups is 1. The Morgan fingerprint density at radius 2 is 1.94 bits per heavy atom. The number of nitrogens with one attached hydrogen (secondary N) is 1. The molecule has 3 nitrogen and oxygen atoms in total. The maximum atomic E-state index is 12.0. The summed E-state index contributed by atoms with van der Waals surface area (Å²) >= 11 is 0. The maximum absolute atomic E-state index is 12.0. The van der Waals surface area contributed by atoms with Crippen molar-refractivity contribution in [2.75, 3.05) is 0 Å². The fraction of sp³-hybridized carbons (Fsp3) is 0.0909. The second-order valence-corrected chi connectivity index (χ2v) is 3.33. The van der Waals surface area contributed by atoms with E-state index in [2.05, 4.69) is 4.98 Å². The molecule has 1 N–H and O–H groups in total. The smallest absolute Gasteiger partial charge is 0.269 e. The van der Waals surface area contributed by atoms with Gasteiger partial charge >= 0.3 is 6.30 Å². The highest BCUT2D eigenvalue weighted by molar-refractivity contribution is 6.06. The van der Waals surface area contributed by atoms with Crippen LogP contribution in [0, 0.1) is 0 Å². The highest BCUT2D eigenvalue weighted by atomic mass is 19.4. The van der Waals surface area contributed by atoms with E-state index in [1.54, 1.807) is 18.2 Å². The molecule has 0 saturated heterocycles. The predicted molar refractivity (Wildman–Crippen MR) is 55.3 cm³/mol. The number of amides is 1. The lowest BCUT2D eigenvalue weighted by Gasteiger charge is -2.09. The van der Waals surface area contributed by atoms with Crippen LogP contribution in [0.3, 0.4) is 0 Å². The summed E-state index contributed by atoms with van der Waals surface area (Å²) in [5.74, 6) is -1.18. The molecule has 1 heterocycles. The number of hydrogen-bond donors (Lipinski definition) is 1. The van der Waals surface area contributed by atoms with Crippen LogP contribution in [-0.4, -0.2) is 17.2 Å². The summed E-state index contributed by atoms with van der Waals surface area (Å²) in [5, 5.41) is 1.35. The number of nitrogens with zero attached hydrogens (tertiary/aromatic N) is 1. The van der Waals surface area contributed by atoms with Crippen LogP contribution in [0.5, 0.6) is 0 Å². The first-order valence-corrected chi connectivity index (χ1v) is 4.70. The largest absolute Gasteiger partial charge is 0.484 e. The summed E-state index contributed by atoms with van der Waals surface area (Å²) in [7, 11) is 0. The third-order valence-corrected chi connectivity index (χ3v) is 2.15. The highest BCUT2D eigenvalue weighted by Crippen LogP contribution is 2.18. The van der Waals surface area contributed by atoms with Gasteiger partial charge in [-0.2, -0.15) is 13.2 Å². The van der Waals surface area contributed by atoms with Gasteiger partial charge < -0.3 is 0 Å². The van der Waals surface area contributed by atoms with Crippen molar-refractivity contribution >= 4 is 16.8 Å². The maximum Gasteiger partial charge on any atom is 0.484 e. The molecule has 0 atom stereocenters. The summed E-state index contributed by atoms with van der Waals surface area (Å²) < 4.78 is 36.1. The number of aromatic nitrogens is 1. The van der Waals surface area contributed by atoms with Crippen molar-refractivity contribution in [3.8, 4) is 0 Å². The summed E-state index contributed by atoms with van der Waals surface area (Å²) in [4.78, 5) is 15.4. The minimum Gasteiger partial charge on any atom is -0.269 e. The van der Waals surface area contributed by atoms with Gasteiger partial charge in [0.2, 0.25) is 0 Å². The zero-order valence-corrected chi connectivity index (χ0v) is 8.45. The number of benzene rings is 1. The van der Waals surface area contributed by atoms with Crippen LogP contribution in [0.25, 0.3) is 10.9 Å². The molecule has 1 aromatic carbocycles. The van der Waals surface area contributed by atoms with E-state index < -0.39 is 12.2 Å². The summed E-state index contributed by atoms with van der Waals surface area (Å²) in [6, 6.07) is 7.55. The Bertz CT molecular complexity index is 561. The molecule has 2 rings (SSSR count). The molecule has 0 spiro atoms. The number of hydrogen-bond acceptors (Lipinski definition) is 2. The van der Waals surface area contributed by atoms with Crippen LogP contribution < -0.4 is 5.32 Å². The fourth-order valence-corrected chi connectivity index (χ4v) is 1.50. The van der Waals surface area contributed by atoms with E-state index in [4.69, 9.17) is 0 Å². The average molecular weight is 240 g/mol. The summed E-state index contributed by atoms with van der Waals surface area (Å²) in [6.45, 7) is 0. The zero-order valence-electron chi connectivity index (χ0n) is 8.45. The second-order valence-electron chi connectivity index (χ2n) is 3.33. The standard InChI is InChI=1S/C11H7F3N2O/c12-11(13,14)16-10(17)8-3-1-5-9-7(8)4-2-6-15-9/h1-6H,(H,16,17). The SMILES string of the molecule is O=C(NC(F)(F)F)c1cccc2ncccc12. The number of rotatable bonds is 1. The zero-order chi connectivity index (χ0) is 12.5. The van der Waals surface area contributed by atoms with E-state index >= 15 is 0 Å². The lowest BCUT2D eigenvalue weighted by atomic mass is 10.1. The quantitative estimate of drug-likeness (QED) is 0.778. The Labute approximate surface area is 94.3 Å². The van der Waals surface area contributed by atoms with Gasteiger partial charge in [-0.25, -0.2) is 0 Å². The van der Waals surface area contributed by atoms with Crippen molar-refractivity contribution in [1.82, 2.24) is 10.3 Å². The van der Waals surface area contributed by atoms with Crippen LogP contribution >= 0.6 is 0 Å². The number of pyridine rings is 1. The van der Waals surface area contributed by atoms with Gasteiger partial charge in [-0.3, -0.25) is 15.1 Å². The van der Waals surface area contributed by atoms with Crippen molar-refractivity contribution < 1.29 is 18.0 Å². The van der Waals surface area contributed by atoms with Crippen LogP contribution in [0.15, 0.2) is 36.5 Å². The Hall–Kier alpha value is -2.11. The van der Waals surface area contributed by atoms with Crippen LogP contribution in [0.4, 0.5) is 13.2 Å². The van der Waals surface area contributed by atoms with Gasteiger partial charge in [0.15, 0.2) is 0 Å². The Morgan fingerprint density at radius 1 is 1.18 bits per heavy atom. The minimum absolute atomic E-state index is 0.0482. The van der Waals surface area contributed by atoms with Crippen molar-refractivity contribution in [1.29, 1.82) is 0 Å². The van der Waals surface area contributed by atoms with Crippen LogP contribution in [0.2, 0.25) is 0 Å². The lowest BCUT2D eigenvalue weighted by Crippen LogP contribution is -2.37. The van der Waals surface area contributed by atoms with Gasteiger partial charge in [0.1, 0.15) is 0 Å². The molecule has 17 heavy (non-hydrogen) atoms. The average Bonchev–Trinajstić information content (AvgIpc) is 2.26. The fourth-order valence-electron chi connectivity index (χ4n) is 1.50. The second kappa shape index (κ2) is 4.04. The first kappa shape index (κ1) is 11.4. The third-order valence-electron chi connectivity index (χ3n) is 2.15. The Kier molecular flexibility index (Phi) is 2.71. The first-order chi connectivity index (χ1) is 7.97. The van der Waals surface area contributed by atoms with E-state index in [1.165, 1.54) is 18.3 Å². The van der Waals surface area contributed by atoms with Crippen molar-refractivity contribution in [2.24, 2.45) is 0 Å². The molecular formula is C11H7F3N2O. The molecule has 1 amide bonds. The predicted octanol–water partition coefficient (Wildman–Crippen LogP) is 2.48. The molecule has 0 aliphatic carbocycles. The van der Waals surface area contributed by atoms with E-state index in [0.717, 1.165) is 5.32 Å². The van der Waals surface area contributed by atoms with Crippen LogP contribution in [-0.2, 0) is 0 Å². The van der Waals surface area contributed by atoms with Gasteiger partial charge in [-0.1, -0.05) is 12.1 Å². The van der Waals surface area contributed by atoms with E-state index in [1.807, 2.05) is 0 Å². The molecule has 1 aromatic heterocycles. The molecule has 0 bridgehead atoms. The molecule has 0 aliphatic heterocycles. The summed E-state index contributed by atoms with van der Waals surface area (Å²) in [5.41, 5.74) is 0.426.